The fraction of sp³-hybridized carbons (Fsp3) is 0. The van der Waals surface area contributed by atoms with Gasteiger partial charge >= 0.3 is 50.8 Å². The number of aromatic amines is 2. The van der Waals surface area contributed by atoms with Crippen molar-refractivity contribution < 1.29 is 25.7 Å². The number of nitrogens with zero attached hydrogens (tertiary/aromatic N) is 6. The molecule has 0 aliphatic carbocycles. The van der Waals surface area contributed by atoms with Crippen LogP contribution in [0.4, 0.5) is 0 Å². The smallest absolute Gasteiger partial charge is 0.164 e. The van der Waals surface area contributed by atoms with E-state index in [1.54, 1.807) is 0 Å². The molecule has 0 spiro atoms. The number of halogens is 3. The van der Waals surface area contributed by atoms with Gasteiger partial charge in [0.15, 0.2) is 23.3 Å². The average molecular weight is 870 g/mol. The van der Waals surface area contributed by atoms with Crippen molar-refractivity contribution in [1.82, 2.24) is 39.9 Å². The predicted molar refractivity (Wildman–Crippen MR) is 183 cm³/mol. The van der Waals surface area contributed by atoms with Crippen LogP contribution in [-0.2, 0) is 25.7 Å². The Morgan fingerprint density at radius 3 is 0.844 bits per heavy atom. The number of hydrogen-bond acceptors (Lipinski definition) is 6. The Morgan fingerprint density at radius 2 is 0.600 bits per heavy atom. The van der Waals surface area contributed by atoms with Gasteiger partial charge in [0.2, 0.25) is 0 Å². The molecule has 2 aliphatic heterocycles. The molecule has 2 aliphatic rings. The van der Waals surface area contributed by atoms with E-state index in [0.29, 0.717) is 45.9 Å². The quantitative estimate of drug-likeness (QED) is 0.147. The molecule has 0 unspecified atom stereocenters. The van der Waals surface area contributed by atoms with Crippen LogP contribution in [0.25, 0.3) is 89.7 Å². The van der Waals surface area contributed by atoms with E-state index in [9.17, 15) is 0 Å². The number of fused-ring (bicyclic) bond motifs is 20. The molecule has 224 valence electrons. The molecule has 7 aromatic rings. The van der Waals surface area contributed by atoms with Crippen LogP contribution in [-0.4, -0.2) is 39.9 Å². The second-order valence-electron chi connectivity index (χ2n) is 9.97. The SMILES string of the molecule is [Br][Cr]([Br])[Br].[Cu].c1ccc2c(c1)-c1nc-2nc2[nH]c(nc3nc(nc4[nH]c(n1)c1ccccc41)-c1ccccc1-3)c1ccccc21. The molecule has 13 heteroatoms. The van der Waals surface area contributed by atoms with Gasteiger partial charge in [-0.25, -0.2) is 29.9 Å². The van der Waals surface area contributed by atoms with Gasteiger partial charge in [-0.05, 0) is 0 Å². The minimum absolute atomic E-state index is 0. The Hall–Kier alpha value is -3.27. The topological polar surface area (TPSA) is 109 Å². The fourth-order valence-electron chi connectivity index (χ4n) is 5.59. The minimum atomic E-state index is -0.604. The minimum Gasteiger partial charge on any atom is -0.324 e. The largest absolute Gasteiger partial charge is 0.324 e. The Morgan fingerprint density at radius 1 is 0.378 bits per heavy atom. The average Bonchev–Trinajstić information content (AvgIpc) is 3.76. The van der Waals surface area contributed by atoms with Crippen LogP contribution >= 0.6 is 42.2 Å². The monoisotopic (exact) mass is 866 g/mol. The van der Waals surface area contributed by atoms with Gasteiger partial charge in [-0.3, -0.25) is 0 Å². The van der Waals surface area contributed by atoms with Gasteiger partial charge in [-0.15, -0.1) is 0 Å². The first-order valence-corrected chi connectivity index (χ1v) is 22.9. The van der Waals surface area contributed by atoms with Crippen molar-refractivity contribution in [3.8, 4) is 45.6 Å². The molecule has 0 saturated carbocycles. The first-order chi connectivity index (χ1) is 21.5. The molecule has 0 amide bonds. The summed E-state index contributed by atoms with van der Waals surface area (Å²) in [5.41, 5.74) is 6.45. The van der Waals surface area contributed by atoms with Gasteiger partial charge in [-0.2, -0.15) is 0 Å². The van der Waals surface area contributed by atoms with Crippen molar-refractivity contribution in [3.63, 3.8) is 0 Å². The summed E-state index contributed by atoms with van der Waals surface area (Å²) in [4.78, 5) is 36.8. The number of aromatic nitrogens is 8. The second kappa shape index (κ2) is 12.5. The molecule has 45 heavy (non-hydrogen) atoms. The summed E-state index contributed by atoms with van der Waals surface area (Å²) in [5, 5.41) is 3.82. The van der Waals surface area contributed by atoms with Gasteiger partial charge in [0, 0.05) is 60.9 Å². The van der Waals surface area contributed by atoms with Crippen LogP contribution in [0.5, 0.6) is 0 Å². The first kappa shape index (κ1) is 30.4. The molecular weight excluding hydrogens is 852 g/mol. The number of rotatable bonds is 0. The molecule has 4 aromatic carbocycles. The molecule has 1 radical (unpaired) electrons. The fourth-order valence-corrected chi connectivity index (χ4v) is 5.59. The summed E-state index contributed by atoms with van der Waals surface area (Å²) in [7, 11) is -0.604. The standard InChI is InChI=1S/C32H18N8.3BrH.Cr.Cu/c1-2-10-18-17(9-1)25-33-26(18)38-28-21-13-5-6-14-22(21)30(35-28)40-32-24-16-8-7-15-23(24)31(36-32)39-29-20-12-4-3-11-19(20)27(34-29)37-25;;;;;/h1-16H,(H2,33,34,35,36,37,38,39,40);3*1H;;/q;;;;+3;/p-3. The maximum atomic E-state index is 5.02. The molecule has 5 heterocycles. The first-order valence-electron chi connectivity index (χ1n) is 13.5. The summed E-state index contributed by atoms with van der Waals surface area (Å²) in [6.45, 7) is 0. The molecule has 3 aromatic heterocycles. The molecule has 0 saturated heterocycles. The van der Waals surface area contributed by atoms with Crippen molar-refractivity contribution in [2.24, 2.45) is 0 Å². The van der Waals surface area contributed by atoms with E-state index in [1.165, 1.54) is 0 Å². The van der Waals surface area contributed by atoms with Crippen LogP contribution < -0.4 is 0 Å². The van der Waals surface area contributed by atoms with Crippen LogP contribution in [0.2, 0.25) is 0 Å². The van der Waals surface area contributed by atoms with Crippen LogP contribution in [0.3, 0.4) is 0 Å². The maximum Gasteiger partial charge on any atom is 0.164 e. The molecule has 8 nitrogen and oxygen atoms in total. The third kappa shape index (κ3) is 5.57. The van der Waals surface area contributed by atoms with Gasteiger partial charge in [0.05, 0.1) is 0 Å². The normalized spacial score (nSPS) is 11.5. The van der Waals surface area contributed by atoms with E-state index in [-0.39, 0.29) is 17.1 Å². The van der Waals surface area contributed by atoms with E-state index < -0.39 is 8.67 Å². The number of hydrogen-bond donors (Lipinski definition) is 2. The zero-order valence-electron chi connectivity index (χ0n) is 22.8. The molecule has 8 bridgehead atoms. The van der Waals surface area contributed by atoms with Crippen molar-refractivity contribution in [2.45, 2.75) is 0 Å². The zero-order chi connectivity index (χ0) is 29.8. The Bertz CT molecular complexity index is 2100. The molecule has 9 rings (SSSR count). The van der Waals surface area contributed by atoms with Crippen molar-refractivity contribution >= 4 is 86.3 Å². The summed E-state index contributed by atoms with van der Waals surface area (Å²) in [5.74, 6) is 2.39. The number of benzene rings is 4. The summed E-state index contributed by atoms with van der Waals surface area (Å²) >= 11 is 9.69. The van der Waals surface area contributed by atoms with E-state index in [1.807, 2.05) is 97.1 Å². The molecular formula is C32H18Br3CrCuN8. The van der Waals surface area contributed by atoms with E-state index in [0.717, 1.165) is 43.8 Å². The van der Waals surface area contributed by atoms with Crippen LogP contribution in [0, 0.1) is 0 Å². The maximum absolute atomic E-state index is 5.02. The van der Waals surface area contributed by atoms with E-state index >= 15 is 0 Å². The second-order valence-corrected chi connectivity index (χ2v) is 29.3. The third-order valence-electron chi connectivity index (χ3n) is 7.46. The Kier molecular flexibility index (Phi) is 8.44. The Balaban J connectivity index is 0.000000617. The van der Waals surface area contributed by atoms with Crippen molar-refractivity contribution in [2.75, 3.05) is 0 Å². The predicted octanol–water partition coefficient (Wildman–Crippen LogP) is 9.40. The van der Waals surface area contributed by atoms with Crippen LogP contribution in [0.1, 0.15) is 0 Å². The molecule has 2 N–H and O–H groups in total. The van der Waals surface area contributed by atoms with E-state index in [4.69, 9.17) is 29.9 Å². The van der Waals surface area contributed by atoms with Crippen molar-refractivity contribution in [3.05, 3.63) is 97.1 Å². The third-order valence-corrected chi connectivity index (χ3v) is 7.46. The summed E-state index contributed by atoms with van der Waals surface area (Å²) < 4.78 is 0. The van der Waals surface area contributed by atoms with Crippen LogP contribution in [0.15, 0.2) is 97.1 Å². The summed E-state index contributed by atoms with van der Waals surface area (Å²) in [6.07, 6.45) is 0. The summed E-state index contributed by atoms with van der Waals surface area (Å²) in [6, 6.07) is 32.2. The molecule has 0 fully saturated rings. The van der Waals surface area contributed by atoms with Gasteiger partial charge < -0.3 is 9.97 Å². The van der Waals surface area contributed by atoms with E-state index in [2.05, 4.69) is 52.1 Å². The van der Waals surface area contributed by atoms with Crippen molar-refractivity contribution in [1.29, 1.82) is 0 Å². The van der Waals surface area contributed by atoms with Gasteiger partial charge in [-0.1, -0.05) is 97.1 Å². The zero-order valence-corrected chi connectivity index (χ0v) is 29.7. The van der Waals surface area contributed by atoms with Gasteiger partial charge in [0.25, 0.3) is 0 Å². The molecule has 0 atom stereocenters. The van der Waals surface area contributed by atoms with Gasteiger partial charge in [0.1, 0.15) is 22.6 Å². The Labute approximate surface area is 292 Å². The number of H-pyrrole nitrogens is 2. The number of nitrogens with one attached hydrogen (secondary N) is 2.